The minimum atomic E-state index is -1.11. The molecule has 8 heteroatoms. The molecule has 0 bridgehead atoms. The zero-order valence-electron chi connectivity index (χ0n) is 10.5. The Bertz CT molecular complexity index is 714. The summed E-state index contributed by atoms with van der Waals surface area (Å²) in [6, 6.07) is 8.75. The summed E-state index contributed by atoms with van der Waals surface area (Å²) in [5.41, 5.74) is -1.37. The summed E-state index contributed by atoms with van der Waals surface area (Å²) in [6.45, 7) is 0. The molecule has 108 valence electrons. The highest BCUT2D eigenvalue weighted by Crippen LogP contribution is 2.43. The third-order valence-electron chi connectivity index (χ3n) is 2.67. The number of carbonyl (C=O) groups is 1. The van der Waals surface area contributed by atoms with Gasteiger partial charge in [-0.2, -0.15) is 0 Å². The summed E-state index contributed by atoms with van der Waals surface area (Å²) >= 11 is 0. The Balaban J connectivity index is 2.46. The lowest BCUT2D eigenvalue weighted by molar-refractivity contribution is -0.386. The molecule has 0 radical (unpaired) electrons. The summed E-state index contributed by atoms with van der Waals surface area (Å²) in [6.07, 6.45) is 0. The Hall–Kier alpha value is -3.29. The maximum atomic E-state index is 12.0. The van der Waals surface area contributed by atoms with Crippen molar-refractivity contribution in [1.82, 2.24) is 0 Å². The van der Waals surface area contributed by atoms with Crippen molar-refractivity contribution in [3.63, 3.8) is 0 Å². The first-order valence-electron chi connectivity index (χ1n) is 5.70. The summed E-state index contributed by atoms with van der Waals surface area (Å²) in [5, 5.41) is 41.8. The van der Waals surface area contributed by atoms with Crippen molar-refractivity contribution in [3.05, 3.63) is 52.1 Å². The van der Waals surface area contributed by atoms with Gasteiger partial charge in [0.15, 0.2) is 0 Å². The molecule has 2 aromatic rings. The van der Waals surface area contributed by atoms with Gasteiger partial charge in [-0.25, -0.2) is 0 Å². The molecule has 0 spiro atoms. The van der Waals surface area contributed by atoms with Crippen molar-refractivity contribution < 1.29 is 25.0 Å². The van der Waals surface area contributed by atoms with Gasteiger partial charge in [-0.1, -0.05) is 18.2 Å². The first kappa shape index (κ1) is 14.1. The number of nitro benzene ring substituents is 1. The molecule has 0 saturated heterocycles. The fraction of sp³-hybridized carbons (Fsp3) is 0. The van der Waals surface area contributed by atoms with E-state index in [0.29, 0.717) is 11.8 Å². The van der Waals surface area contributed by atoms with Crippen molar-refractivity contribution >= 4 is 17.3 Å². The highest BCUT2D eigenvalue weighted by molar-refractivity contribution is 6.09. The topological polar surface area (TPSA) is 133 Å². The molecule has 2 rings (SSSR count). The van der Waals surface area contributed by atoms with E-state index in [0.717, 1.165) is 0 Å². The number of phenols is 3. The van der Waals surface area contributed by atoms with Crippen LogP contribution in [0.2, 0.25) is 0 Å². The zero-order valence-corrected chi connectivity index (χ0v) is 10.5. The van der Waals surface area contributed by atoms with Crippen LogP contribution in [0.1, 0.15) is 10.4 Å². The second-order valence-corrected chi connectivity index (χ2v) is 4.06. The van der Waals surface area contributed by atoms with Crippen LogP contribution in [0.25, 0.3) is 0 Å². The average molecular weight is 290 g/mol. The van der Waals surface area contributed by atoms with E-state index >= 15 is 0 Å². The Kier molecular flexibility index (Phi) is 3.61. The lowest BCUT2D eigenvalue weighted by atomic mass is 10.1. The van der Waals surface area contributed by atoms with Crippen molar-refractivity contribution in [2.24, 2.45) is 0 Å². The van der Waals surface area contributed by atoms with Gasteiger partial charge >= 0.3 is 5.69 Å². The minimum Gasteiger partial charge on any atom is -0.507 e. The highest BCUT2D eigenvalue weighted by atomic mass is 16.6. The predicted molar refractivity (Wildman–Crippen MR) is 72.5 cm³/mol. The van der Waals surface area contributed by atoms with Crippen LogP contribution in [0.3, 0.4) is 0 Å². The quantitative estimate of drug-likeness (QED) is 0.504. The number of amides is 1. The molecular formula is C13H10N2O6. The fourth-order valence-corrected chi connectivity index (χ4v) is 1.75. The number of benzene rings is 2. The molecule has 0 atom stereocenters. The molecule has 0 aliphatic heterocycles. The number of nitrogens with one attached hydrogen (secondary N) is 1. The van der Waals surface area contributed by atoms with Gasteiger partial charge in [-0.3, -0.25) is 14.9 Å². The van der Waals surface area contributed by atoms with E-state index in [1.54, 1.807) is 30.3 Å². The monoisotopic (exact) mass is 290 g/mol. The van der Waals surface area contributed by atoms with Gasteiger partial charge < -0.3 is 20.6 Å². The van der Waals surface area contributed by atoms with Crippen LogP contribution in [-0.2, 0) is 0 Å². The molecule has 8 nitrogen and oxygen atoms in total. The van der Waals surface area contributed by atoms with Crippen LogP contribution in [0.5, 0.6) is 17.2 Å². The Morgan fingerprint density at radius 1 is 1.10 bits per heavy atom. The zero-order chi connectivity index (χ0) is 15.6. The third kappa shape index (κ3) is 2.68. The number of para-hydroxylation sites is 1. The number of rotatable bonds is 3. The first-order chi connectivity index (χ1) is 9.91. The van der Waals surface area contributed by atoms with E-state index in [9.17, 15) is 30.2 Å². The summed E-state index contributed by atoms with van der Waals surface area (Å²) in [4.78, 5) is 21.7. The van der Waals surface area contributed by atoms with Gasteiger partial charge in [-0.05, 0) is 12.1 Å². The van der Waals surface area contributed by atoms with Crippen molar-refractivity contribution in [3.8, 4) is 17.2 Å². The minimum absolute atomic E-state index is 0.372. The largest absolute Gasteiger partial charge is 0.507 e. The Labute approximate surface area is 118 Å². The predicted octanol–water partition coefficient (Wildman–Crippen LogP) is 1.96. The SMILES string of the molecule is O=C(Nc1ccccc1)c1c(O)cc(O)c([N+](=O)[O-])c1O. The second-order valence-electron chi connectivity index (χ2n) is 4.06. The number of hydrogen-bond donors (Lipinski definition) is 4. The van der Waals surface area contributed by atoms with Crippen LogP contribution < -0.4 is 5.32 Å². The molecule has 0 heterocycles. The van der Waals surface area contributed by atoms with Crippen LogP contribution in [0.15, 0.2) is 36.4 Å². The van der Waals surface area contributed by atoms with Crippen molar-refractivity contribution in [1.29, 1.82) is 0 Å². The third-order valence-corrected chi connectivity index (χ3v) is 2.67. The van der Waals surface area contributed by atoms with E-state index in [2.05, 4.69) is 5.32 Å². The van der Waals surface area contributed by atoms with Crippen molar-refractivity contribution in [2.75, 3.05) is 5.32 Å². The Morgan fingerprint density at radius 3 is 2.29 bits per heavy atom. The molecule has 0 fully saturated rings. The molecule has 1 amide bonds. The second kappa shape index (κ2) is 5.37. The maximum Gasteiger partial charge on any atom is 0.353 e. The van der Waals surface area contributed by atoms with Crippen LogP contribution in [0, 0.1) is 10.1 Å². The summed E-state index contributed by atoms with van der Waals surface area (Å²) < 4.78 is 0. The summed E-state index contributed by atoms with van der Waals surface area (Å²) in [5.74, 6) is -3.76. The molecule has 0 unspecified atom stereocenters. The van der Waals surface area contributed by atoms with Crippen LogP contribution in [0.4, 0.5) is 11.4 Å². The van der Waals surface area contributed by atoms with Gasteiger partial charge in [0.05, 0.1) is 4.92 Å². The number of carbonyl (C=O) groups excluding carboxylic acids is 1. The molecular weight excluding hydrogens is 280 g/mol. The fourth-order valence-electron chi connectivity index (χ4n) is 1.75. The summed E-state index contributed by atoms with van der Waals surface area (Å²) in [7, 11) is 0. The lowest BCUT2D eigenvalue weighted by Gasteiger charge is -2.09. The van der Waals surface area contributed by atoms with Gasteiger partial charge in [0, 0.05) is 11.8 Å². The molecule has 2 aromatic carbocycles. The number of anilines is 1. The van der Waals surface area contributed by atoms with E-state index in [1.165, 1.54) is 0 Å². The lowest BCUT2D eigenvalue weighted by Crippen LogP contribution is -2.13. The van der Waals surface area contributed by atoms with Gasteiger partial charge in [0.1, 0.15) is 11.3 Å². The standard InChI is InChI=1S/C13H10N2O6/c16-8-6-9(17)11(15(20)21)12(18)10(8)13(19)14-7-4-2-1-3-5-7/h1-6,16-18H,(H,14,19). The molecule has 0 aliphatic rings. The Morgan fingerprint density at radius 2 is 1.71 bits per heavy atom. The van der Waals surface area contributed by atoms with E-state index < -0.39 is 39.3 Å². The van der Waals surface area contributed by atoms with Crippen LogP contribution >= 0.6 is 0 Å². The van der Waals surface area contributed by atoms with Crippen LogP contribution in [-0.4, -0.2) is 26.2 Å². The smallest absolute Gasteiger partial charge is 0.353 e. The molecule has 0 saturated carbocycles. The van der Waals surface area contributed by atoms with E-state index in [-0.39, 0.29) is 0 Å². The van der Waals surface area contributed by atoms with E-state index in [1.807, 2.05) is 0 Å². The molecule has 0 aliphatic carbocycles. The number of hydrogen-bond acceptors (Lipinski definition) is 6. The normalized spacial score (nSPS) is 10.1. The maximum absolute atomic E-state index is 12.0. The van der Waals surface area contributed by atoms with Crippen molar-refractivity contribution in [2.45, 2.75) is 0 Å². The highest BCUT2D eigenvalue weighted by Gasteiger charge is 2.29. The van der Waals surface area contributed by atoms with Gasteiger partial charge in [0.25, 0.3) is 5.91 Å². The average Bonchev–Trinajstić information content (AvgIpc) is 2.38. The van der Waals surface area contributed by atoms with E-state index in [4.69, 9.17) is 0 Å². The molecule has 21 heavy (non-hydrogen) atoms. The first-order valence-corrected chi connectivity index (χ1v) is 5.70. The number of nitrogens with zero attached hydrogens (tertiary/aromatic N) is 1. The number of nitro groups is 1. The number of aromatic hydroxyl groups is 3. The van der Waals surface area contributed by atoms with Gasteiger partial charge in [0.2, 0.25) is 11.5 Å². The number of phenolic OH excluding ortho intramolecular Hbond substituents is 3. The molecule has 4 N–H and O–H groups in total. The molecule has 0 aromatic heterocycles. The van der Waals surface area contributed by atoms with Gasteiger partial charge in [-0.15, -0.1) is 0 Å².